The summed E-state index contributed by atoms with van der Waals surface area (Å²) in [6, 6.07) is 16.4. The van der Waals surface area contributed by atoms with Gasteiger partial charge in [-0.2, -0.15) is 5.26 Å². The van der Waals surface area contributed by atoms with E-state index in [2.05, 4.69) is 6.07 Å². The average Bonchev–Trinajstić information content (AvgIpc) is 2.64. The molecule has 0 aromatic heterocycles. The van der Waals surface area contributed by atoms with E-state index in [1.54, 1.807) is 29.2 Å². The van der Waals surface area contributed by atoms with Crippen LogP contribution in [0, 0.1) is 11.3 Å². The SMILES string of the molecule is CCOc1ccc(N(CCC#N)C(=O)CCOc2cccc(Cl)c2)cc1. The number of halogens is 1. The molecule has 0 atom stereocenters. The predicted octanol–water partition coefficient (Wildman–Crippen LogP) is 4.45. The van der Waals surface area contributed by atoms with Crippen LogP contribution in [0.2, 0.25) is 5.02 Å². The van der Waals surface area contributed by atoms with Crippen molar-refractivity contribution in [3.05, 3.63) is 53.6 Å². The fourth-order valence-electron chi connectivity index (χ4n) is 2.40. The van der Waals surface area contributed by atoms with E-state index in [0.29, 0.717) is 23.9 Å². The third kappa shape index (κ3) is 5.98. The molecular weight excluding hydrogens is 352 g/mol. The van der Waals surface area contributed by atoms with Crippen LogP contribution in [0.5, 0.6) is 11.5 Å². The van der Waals surface area contributed by atoms with Gasteiger partial charge in [0.05, 0.1) is 32.1 Å². The number of hydrogen-bond acceptors (Lipinski definition) is 4. The van der Waals surface area contributed by atoms with Gasteiger partial charge in [0.2, 0.25) is 5.91 Å². The Morgan fingerprint density at radius 3 is 2.58 bits per heavy atom. The lowest BCUT2D eigenvalue weighted by Crippen LogP contribution is -2.32. The average molecular weight is 373 g/mol. The molecule has 0 bridgehead atoms. The maximum atomic E-state index is 12.6. The van der Waals surface area contributed by atoms with Crippen molar-refractivity contribution in [3.8, 4) is 17.6 Å². The lowest BCUT2D eigenvalue weighted by atomic mass is 10.2. The zero-order valence-corrected chi connectivity index (χ0v) is 15.4. The second-order valence-corrected chi connectivity index (χ2v) is 5.87. The van der Waals surface area contributed by atoms with Crippen LogP contribution in [-0.4, -0.2) is 25.7 Å². The topological polar surface area (TPSA) is 62.6 Å². The standard InChI is InChI=1S/C20H21ClN2O3/c1-2-25-18-9-7-17(8-10-18)23(13-4-12-22)20(24)11-14-26-19-6-3-5-16(21)15-19/h3,5-10,15H,2,4,11,13-14H2,1H3. The van der Waals surface area contributed by atoms with Crippen molar-refractivity contribution in [2.75, 3.05) is 24.7 Å². The molecular formula is C20H21ClN2O3. The van der Waals surface area contributed by atoms with Gasteiger partial charge in [-0.15, -0.1) is 0 Å². The van der Waals surface area contributed by atoms with Gasteiger partial charge in [-0.05, 0) is 49.4 Å². The maximum Gasteiger partial charge on any atom is 0.230 e. The smallest absolute Gasteiger partial charge is 0.230 e. The van der Waals surface area contributed by atoms with Crippen molar-refractivity contribution in [1.82, 2.24) is 0 Å². The van der Waals surface area contributed by atoms with Crippen LogP contribution in [0.25, 0.3) is 0 Å². The van der Waals surface area contributed by atoms with E-state index >= 15 is 0 Å². The molecule has 0 aliphatic rings. The number of nitrogens with zero attached hydrogens (tertiary/aromatic N) is 2. The van der Waals surface area contributed by atoms with Gasteiger partial charge >= 0.3 is 0 Å². The first kappa shape index (κ1) is 19.6. The quantitative estimate of drug-likeness (QED) is 0.652. The fraction of sp³-hybridized carbons (Fsp3) is 0.300. The summed E-state index contributed by atoms with van der Waals surface area (Å²) in [4.78, 5) is 14.2. The number of carbonyl (C=O) groups excluding carboxylic acids is 1. The van der Waals surface area contributed by atoms with Gasteiger partial charge in [0.1, 0.15) is 11.5 Å². The van der Waals surface area contributed by atoms with Gasteiger partial charge in [0.25, 0.3) is 0 Å². The Kier molecular flexibility index (Phi) is 7.78. The Morgan fingerprint density at radius 1 is 1.15 bits per heavy atom. The molecule has 0 fully saturated rings. The monoisotopic (exact) mass is 372 g/mol. The van der Waals surface area contributed by atoms with Crippen LogP contribution in [0.15, 0.2) is 48.5 Å². The highest BCUT2D eigenvalue weighted by Crippen LogP contribution is 2.21. The number of ether oxygens (including phenoxy) is 2. The molecule has 2 aromatic rings. The third-order valence-electron chi connectivity index (χ3n) is 3.59. The molecule has 0 radical (unpaired) electrons. The molecule has 0 aliphatic carbocycles. The zero-order valence-electron chi connectivity index (χ0n) is 14.7. The maximum absolute atomic E-state index is 12.6. The van der Waals surface area contributed by atoms with Crippen LogP contribution < -0.4 is 14.4 Å². The first-order chi connectivity index (χ1) is 12.6. The largest absolute Gasteiger partial charge is 0.494 e. The van der Waals surface area contributed by atoms with E-state index in [4.69, 9.17) is 26.3 Å². The zero-order chi connectivity index (χ0) is 18.8. The normalized spacial score (nSPS) is 10.0. The molecule has 0 unspecified atom stereocenters. The minimum Gasteiger partial charge on any atom is -0.494 e. The molecule has 0 spiro atoms. The van der Waals surface area contributed by atoms with E-state index in [1.165, 1.54) is 0 Å². The Bertz CT molecular complexity index is 756. The summed E-state index contributed by atoms with van der Waals surface area (Å²) in [6.45, 7) is 3.06. The highest BCUT2D eigenvalue weighted by Gasteiger charge is 2.15. The molecule has 0 saturated carbocycles. The van der Waals surface area contributed by atoms with Crippen molar-refractivity contribution in [1.29, 1.82) is 5.26 Å². The van der Waals surface area contributed by atoms with Crippen molar-refractivity contribution in [2.24, 2.45) is 0 Å². The van der Waals surface area contributed by atoms with Crippen LogP contribution in [0.3, 0.4) is 0 Å². The molecule has 136 valence electrons. The minimum absolute atomic E-state index is 0.105. The van der Waals surface area contributed by atoms with Crippen LogP contribution in [0.4, 0.5) is 5.69 Å². The Balaban J connectivity index is 1.98. The molecule has 6 heteroatoms. The van der Waals surface area contributed by atoms with Gasteiger partial charge in [-0.3, -0.25) is 4.79 Å². The van der Waals surface area contributed by atoms with E-state index in [-0.39, 0.29) is 25.4 Å². The molecule has 2 rings (SSSR count). The summed E-state index contributed by atoms with van der Waals surface area (Å²) in [5.74, 6) is 1.26. The van der Waals surface area contributed by atoms with E-state index in [1.807, 2.05) is 31.2 Å². The number of anilines is 1. The summed E-state index contributed by atoms with van der Waals surface area (Å²) >= 11 is 5.91. The number of benzene rings is 2. The molecule has 1 amide bonds. The van der Waals surface area contributed by atoms with Gasteiger partial charge in [0.15, 0.2) is 0 Å². The summed E-state index contributed by atoms with van der Waals surface area (Å²) in [5.41, 5.74) is 0.733. The van der Waals surface area contributed by atoms with Crippen molar-refractivity contribution in [2.45, 2.75) is 19.8 Å². The van der Waals surface area contributed by atoms with Crippen molar-refractivity contribution in [3.63, 3.8) is 0 Å². The van der Waals surface area contributed by atoms with E-state index in [9.17, 15) is 4.79 Å². The second kappa shape index (κ2) is 10.3. The lowest BCUT2D eigenvalue weighted by molar-refractivity contribution is -0.119. The van der Waals surface area contributed by atoms with Crippen LogP contribution >= 0.6 is 11.6 Å². The predicted molar refractivity (Wildman–Crippen MR) is 102 cm³/mol. The summed E-state index contributed by atoms with van der Waals surface area (Å²) in [7, 11) is 0. The van der Waals surface area contributed by atoms with Crippen molar-refractivity contribution < 1.29 is 14.3 Å². The molecule has 26 heavy (non-hydrogen) atoms. The minimum atomic E-state index is -0.105. The second-order valence-electron chi connectivity index (χ2n) is 5.44. The first-order valence-corrected chi connectivity index (χ1v) is 8.80. The van der Waals surface area contributed by atoms with Gasteiger partial charge in [-0.1, -0.05) is 17.7 Å². The van der Waals surface area contributed by atoms with Gasteiger partial charge in [0, 0.05) is 17.3 Å². The molecule has 0 N–H and O–H groups in total. The fourth-order valence-corrected chi connectivity index (χ4v) is 2.58. The molecule has 5 nitrogen and oxygen atoms in total. The van der Waals surface area contributed by atoms with Gasteiger partial charge < -0.3 is 14.4 Å². The summed E-state index contributed by atoms with van der Waals surface area (Å²) < 4.78 is 11.0. The Labute approximate surface area is 158 Å². The van der Waals surface area contributed by atoms with E-state index in [0.717, 1.165) is 11.4 Å². The molecule has 0 aliphatic heterocycles. The highest BCUT2D eigenvalue weighted by atomic mass is 35.5. The van der Waals surface area contributed by atoms with E-state index < -0.39 is 0 Å². The Morgan fingerprint density at radius 2 is 1.92 bits per heavy atom. The highest BCUT2D eigenvalue weighted by molar-refractivity contribution is 6.30. The Hall–Kier alpha value is -2.71. The number of amides is 1. The number of rotatable bonds is 9. The van der Waals surface area contributed by atoms with Crippen molar-refractivity contribution >= 4 is 23.2 Å². The summed E-state index contributed by atoms with van der Waals surface area (Å²) in [6.07, 6.45) is 0.458. The molecule has 0 heterocycles. The summed E-state index contributed by atoms with van der Waals surface area (Å²) in [5, 5.41) is 9.45. The van der Waals surface area contributed by atoms with Gasteiger partial charge in [-0.25, -0.2) is 0 Å². The lowest BCUT2D eigenvalue weighted by Gasteiger charge is -2.22. The van der Waals surface area contributed by atoms with Crippen LogP contribution in [0.1, 0.15) is 19.8 Å². The number of hydrogen-bond donors (Lipinski definition) is 0. The number of carbonyl (C=O) groups is 1. The van der Waals surface area contributed by atoms with Crippen LogP contribution in [-0.2, 0) is 4.79 Å². The number of nitriles is 1. The third-order valence-corrected chi connectivity index (χ3v) is 3.82. The first-order valence-electron chi connectivity index (χ1n) is 8.42. The molecule has 2 aromatic carbocycles. The molecule has 0 saturated heterocycles.